The highest BCUT2D eigenvalue weighted by Gasteiger charge is 2.43. The molecule has 5 heteroatoms. The average molecular weight is 308 g/mol. The predicted octanol–water partition coefficient (Wildman–Crippen LogP) is 3.34. The third-order valence-corrected chi connectivity index (χ3v) is 3.48. The maximum atomic E-state index is 12.9. The molecule has 122 valence electrons. The van der Waals surface area contributed by atoms with Crippen molar-refractivity contribution in [1.82, 2.24) is 5.32 Å². The fourth-order valence-corrected chi connectivity index (χ4v) is 1.73. The number of aliphatic imine (C=N–C) groups is 1. The van der Waals surface area contributed by atoms with Crippen molar-refractivity contribution >= 4 is 11.7 Å². The van der Waals surface area contributed by atoms with Gasteiger partial charge >= 0.3 is 0 Å². The molecule has 0 unspecified atom stereocenters. The Balaban J connectivity index is 0.00000484. The molecule has 1 aliphatic carbocycles. The van der Waals surface area contributed by atoms with Crippen molar-refractivity contribution in [2.75, 3.05) is 14.2 Å². The summed E-state index contributed by atoms with van der Waals surface area (Å²) in [4.78, 5) is 15.7. The molecule has 1 fully saturated rings. The highest BCUT2D eigenvalue weighted by atomic mass is 19.1. The summed E-state index contributed by atoms with van der Waals surface area (Å²) in [6, 6.07) is 0. The van der Waals surface area contributed by atoms with Gasteiger partial charge in [0.2, 0.25) is 5.91 Å². The number of hydrogen-bond donors (Lipinski definition) is 1. The Morgan fingerprint density at radius 2 is 1.95 bits per heavy atom. The lowest BCUT2D eigenvalue weighted by molar-refractivity contribution is -0.121. The Morgan fingerprint density at radius 3 is 2.41 bits per heavy atom. The van der Waals surface area contributed by atoms with Gasteiger partial charge in [-0.1, -0.05) is 13.2 Å². The highest BCUT2D eigenvalue weighted by Crippen LogP contribution is 2.33. The molecule has 2 atom stereocenters. The van der Waals surface area contributed by atoms with E-state index in [2.05, 4.69) is 23.5 Å². The highest BCUT2D eigenvalue weighted by molar-refractivity contribution is 6.06. The van der Waals surface area contributed by atoms with Crippen LogP contribution in [0.3, 0.4) is 0 Å². The van der Waals surface area contributed by atoms with E-state index in [0.29, 0.717) is 18.0 Å². The van der Waals surface area contributed by atoms with Crippen molar-refractivity contribution in [2.24, 2.45) is 10.9 Å². The van der Waals surface area contributed by atoms with Crippen LogP contribution >= 0.6 is 0 Å². The minimum atomic E-state index is -1.02. The normalized spacial score (nSPS) is 22.1. The zero-order valence-electron chi connectivity index (χ0n) is 13.6. The monoisotopic (exact) mass is 308 g/mol. The van der Waals surface area contributed by atoms with E-state index in [1.807, 2.05) is 19.9 Å². The van der Waals surface area contributed by atoms with Gasteiger partial charge in [0.1, 0.15) is 17.8 Å². The number of nitrogens with one attached hydrogen (secondary N) is 1. The average Bonchev–Trinajstić information content (AvgIpc) is 3.22. The molecule has 0 bridgehead atoms. The molecular weight excluding hydrogens is 283 g/mol. The number of amidine groups is 1. The van der Waals surface area contributed by atoms with Crippen LogP contribution in [0.25, 0.3) is 0 Å². The van der Waals surface area contributed by atoms with Crippen molar-refractivity contribution in [3.8, 4) is 0 Å². The minimum absolute atomic E-state index is 0. The molecule has 1 rings (SSSR count). The van der Waals surface area contributed by atoms with Crippen LogP contribution < -0.4 is 5.32 Å². The summed E-state index contributed by atoms with van der Waals surface area (Å²) in [5.41, 5.74) is 2.44. The first-order valence-corrected chi connectivity index (χ1v) is 7.01. The number of alkyl halides is 1. The van der Waals surface area contributed by atoms with Crippen LogP contribution in [0, 0.1) is 5.92 Å². The largest absolute Gasteiger partial charge is 0.497 e. The van der Waals surface area contributed by atoms with Crippen molar-refractivity contribution in [1.29, 1.82) is 0 Å². The molecule has 0 heterocycles. The fraction of sp³-hybridized carbons (Fsp3) is 0.412. The van der Waals surface area contributed by atoms with Crippen molar-refractivity contribution < 1.29 is 15.3 Å². The van der Waals surface area contributed by atoms with Gasteiger partial charge in [-0.2, -0.15) is 0 Å². The molecular formula is C17H25FN2O2. The molecule has 22 heavy (non-hydrogen) atoms. The van der Waals surface area contributed by atoms with E-state index in [0.717, 1.165) is 16.7 Å². The molecule has 0 saturated heterocycles. The second kappa shape index (κ2) is 7.73. The van der Waals surface area contributed by atoms with Crippen LogP contribution in [0.2, 0.25) is 0 Å². The molecule has 4 nitrogen and oxygen atoms in total. The van der Waals surface area contributed by atoms with E-state index in [-0.39, 0.29) is 7.33 Å². The topological polar surface area (TPSA) is 50.7 Å². The van der Waals surface area contributed by atoms with Crippen LogP contribution in [-0.2, 0) is 9.53 Å². The zero-order valence-corrected chi connectivity index (χ0v) is 13.6. The number of hydrogen-bond acceptors (Lipinski definition) is 3. The maximum absolute atomic E-state index is 12.9. The van der Waals surface area contributed by atoms with Gasteiger partial charge in [-0.15, -0.1) is 0 Å². The quantitative estimate of drug-likeness (QED) is 0.354. The lowest BCUT2D eigenvalue weighted by Gasteiger charge is -2.08. The number of ether oxygens (including phenoxy) is 1. The maximum Gasteiger partial charge on any atom is 0.231 e. The third kappa shape index (κ3) is 4.98. The molecule has 1 N–H and O–H groups in total. The van der Waals surface area contributed by atoms with Gasteiger partial charge in [-0.05, 0) is 49.1 Å². The SMILES string of the molecule is C=C(/C=C(/C)C(=C)OC)/C(C)=C\C(=NC)NC(=O)[C@H]1C[C@H]1F.[HH]. The Hall–Kier alpha value is -2.17. The van der Waals surface area contributed by atoms with Crippen molar-refractivity contribution in [2.45, 2.75) is 26.4 Å². The summed E-state index contributed by atoms with van der Waals surface area (Å²) in [5.74, 6) is 0.0804. The van der Waals surface area contributed by atoms with Crippen molar-refractivity contribution in [3.63, 3.8) is 0 Å². The molecule has 0 aromatic rings. The third-order valence-electron chi connectivity index (χ3n) is 3.48. The number of amides is 1. The summed E-state index contributed by atoms with van der Waals surface area (Å²) in [6.45, 7) is 11.5. The molecule has 1 amide bonds. The predicted molar refractivity (Wildman–Crippen MR) is 89.4 cm³/mol. The van der Waals surface area contributed by atoms with Crippen LogP contribution in [0.5, 0.6) is 0 Å². The molecule has 0 spiro atoms. The fourth-order valence-electron chi connectivity index (χ4n) is 1.73. The summed E-state index contributed by atoms with van der Waals surface area (Å²) in [7, 11) is 3.12. The second-order valence-electron chi connectivity index (χ2n) is 5.26. The number of carbonyl (C=O) groups is 1. The number of rotatable bonds is 6. The molecule has 1 saturated carbocycles. The van der Waals surface area contributed by atoms with Crippen LogP contribution in [0.1, 0.15) is 21.7 Å². The van der Waals surface area contributed by atoms with E-state index in [4.69, 9.17) is 4.74 Å². The lowest BCUT2D eigenvalue weighted by Crippen LogP contribution is -2.31. The van der Waals surface area contributed by atoms with Crippen molar-refractivity contribution in [3.05, 3.63) is 47.8 Å². The first-order valence-electron chi connectivity index (χ1n) is 7.01. The van der Waals surface area contributed by atoms with Gasteiger partial charge in [0.05, 0.1) is 13.0 Å². The van der Waals surface area contributed by atoms with Gasteiger partial charge in [0.25, 0.3) is 0 Å². The Bertz CT molecular complexity index is 579. The van der Waals surface area contributed by atoms with Gasteiger partial charge in [-0.3, -0.25) is 9.79 Å². The molecule has 1 aliphatic rings. The number of carbonyl (C=O) groups excluding carboxylic acids is 1. The van der Waals surface area contributed by atoms with E-state index in [9.17, 15) is 9.18 Å². The first-order chi connectivity index (χ1) is 10.3. The van der Waals surface area contributed by atoms with Crippen LogP contribution in [0.15, 0.2) is 52.8 Å². The molecule has 0 aromatic heterocycles. The standard InChI is InChI=1S/C17H23FN2O2.H2/c1-10(7-12(3)13(4)22-6)11(2)8-16(19-5)20-17(21)14-9-15(14)18;/h7-8,14-15H,1,4,9H2,2-3,5-6H3,(H,19,20,21);1H/b11-8-,12-7-;/t14-,15+;/m0./s1. The van der Waals surface area contributed by atoms with Gasteiger partial charge in [-0.25, -0.2) is 4.39 Å². The number of allylic oxidation sites excluding steroid dienone is 4. The van der Waals surface area contributed by atoms with E-state index >= 15 is 0 Å². The number of methoxy groups -OCH3 is 1. The van der Waals surface area contributed by atoms with E-state index < -0.39 is 12.1 Å². The number of halogens is 1. The summed E-state index contributed by atoms with van der Waals surface area (Å²) < 4.78 is 17.9. The Labute approximate surface area is 132 Å². The summed E-state index contributed by atoms with van der Waals surface area (Å²) in [5, 5.41) is 2.62. The van der Waals surface area contributed by atoms with Gasteiger partial charge in [0.15, 0.2) is 0 Å². The zero-order chi connectivity index (χ0) is 16.9. The second-order valence-corrected chi connectivity index (χ2v) is 5.26. The smallest absolute Gasteiger partial charge is 0.231 e. The van der Waals surface area contributed by atoms with E-state index in [1.54, 1.807) is 20.2 Å². The molecule has 0 aliphatic heterocycles. The Kier molecular flexibility index (Phi) is 6.28. The molecule has 0 aromatic carbocycles. The Morgan fingerprint density at radius 1 is 1.36 bits per heavy atom. The number of nitrogens with zero attached hydrogens (tertiary/aromatic N) is 1. The van der Waals surface area contributed by atoms with E-state index in [1.165, 1.54) is 0 Å². The van der Waals surface area contributed by atoms with Gasteiger partial charge < -0.3 is 10.1 Å². The lowest BCUT2D eigenvalue weighted by atomic mass is 10.1. The summed E-state index contributed by atoms with van der Waals surface area (Å²) >= 11 is 0. The minimum Gasteiger partial charge on any atom is -0.497 e. The molecule has 0 radical (unpaired) electrons. The van der Waals surface area contributed by atoms with Crippen LogP contribution in [-0.4, -0.2) is 32.1 Å². The summed E-state index contributed by atoms with van der Waals surface area (Å²) in [6.07, 6.45) is 2.81. The van der Waals surface area contributed by atoms with Gasteiger partial charge in [0, 0.05) is 8.47 Å². The van der Waals surface area contributed by atoms with Crippen LogP contribution in [0.4, 0.5) is 4.39 Å². The first kappa shape index (κ1) is 17.9.